The Morgan fingerprint density at radius 3 is 2.80 bits per heavy atom. The maximum atomic E-state index is 5.91. The lowest BCUT2D eigenvalue weighted by atomic mass is 10.2. The summed E-state index contributed by atoms with van der Waals surface area (Å²) >= 11 is 0. The molecule has 2 atom stereocenters. The minimum absolute atomic E-state index is 0.101. The molecular weight excluding hydrogens is 192 g/mol. The first kappa shape index (κ1) is 10.2. The van der Waals surface area contributed by atoms with Crippen molar-refractivity contribution in [3.63, 3.8) is 0 Å². The van der Waals surface area contributed by atoms with Crippen molar-refractivity contribution in [1.29, 1.82) is 0 Å². The molecule has 2 rings (SSSR count). The Labute approximate surface area is 89.4 Å². The first-order valence-electron chi connectivity index (χ1n) is 5.23. The highest BCUT2D eigenvalue weighted by Gasteiger charge is 2.25. The predicted molar refractivity (Wildman–Crippen MR) is 57.0 cm³/mol. The Morgan fingerprint density at radius 1 is 1.33 bits per heavy atom. The van der Waals surface area contributed by atoms with Gasteiger partial charge in [0.05, 0.1) is 7.11 Å². The zero-order valence-electron chi connectivity index (χ0n) is 8.85. The first-order chi connectivity index (χ1) is 7.29. The van der Waals surface area contributed by atoms with Gasteiger partial charge in [-0.2, -0.15) is 4.98 Å². The van der Waals surface area contributed by atoms with Crippen molar-refractivity contribution in [3.05, 3.63) is 18.2 Å². The average molecular weight is 208 g/mol. The van der Waals surface area contributed by atoms with Crippen LogP contribution in [-0.4, -0.2) is 24.2 Å². The molecule has 1 aromatic heterocycles. The van der Waals surface area contributed by atoms with Gasteiger partial charge in [-0.05, 0) is 19.3 Å². The van der Waals surface area contributed by atoms with Crippen LogP contribution < -0.4 is 15.2 Å². The van der Waals surface area contributed by atoms with E-state index in [1.54, 1.807) is 13.2 Å². The molecule has 82 valence electrons. The van der Waals surface area contributed by atoms with Gasteiger partial charge in [0, 0.05) is 18.2 Å². The molecule has 4 heteroatoms. The largest absolute Gasteiger partial charge is 0.481 e. The summed E-state index contributed by atoms with van der Waals surface area (Å²) in [6.45, 7) is 0. The van der Waals surface area contributed by atoms with Crippen LogP contribution in [-0.2, 0) is 0 Å². The fourth-order valence-corrected chi connectivity index (χ4v) is 1.83. The Balaban J connectivity index is 2.03. The van der Waals surface area contributed by atoms with Crippen molar-refractivity contribution in [1.82, 2.24) is 4.98 Å². The van der Waals surface area contributed by atoms with Gasteiger partial charge in [-0.15, -0.1) is 0 Å². The Hall–Kier alpha value is -1.29. The summed E-state index contributed by atoms with van der Waals surface area (Å²) < 4.78 is 10.7. The molecule has 1 aliphatic carbocycles. The molecule has 1 saturated carbocycles. The van der Waals surface area contributed by atoms with Crippen LogP contribution in [0.3, 0.4) is 0 Å². The second-order valence-corrected chi connectivity index (χ2v) is 3.77. The summed E-state index contributed by atoms with van der Waals surface area (Å²) in [5, 5.41) is 0. The molecule has 0 spiro atoms. The second-order valence-electron chi connectivity index (χ2n) is 3.77. The van der Waals surface area contributed by atoms with Gasteiger partial charge in [0.1, 0.15) is 6.10 Å². The quantitative estimate of drug-likeness (QED) is 0.814. The van der Waals surface area contributed by atoms with E-state index in [0.717, 1.165) is 19.3 Å². The predicted octanol–water partition coefficient (Wildman–Crippen LogP) is 1.35. The number of nitrogens with two attached hydrogens (primary N) is 1. The van der Waals surface area contributed by atoms with E-state index in [9.17, 15) is 0 Å². The van der Waals surface area contributed by atoms with Crippen molar-refractivity contribution in [2.45, 2.75) is 31.4 Å². The van der Waals surface area contributed by atoms with Crippen LogP contribution in [0.2, 0.25) is 0 Å². The molecule has 2 N–H and O–H groups in total. The van der Waals surface area contributed by atoms with E-state index in [-0.39, 0.29) is 12.1 Å². The highest BCUT2D eigenvalue weighted by atomic mass is 16.5. The standard InChI is InChI=1S/C11H16N2O2/c1-14-10-6-3-7-11(13-10)15-9-5-2-4-8(9)12/h3,6-9H,2,4-5,12H2,1H3. The molecule has 0 radical (unpaired) electrons. The summed E-state index contributed by atoms with van der Waals surface area (Å²) in [5.74, 6) is 1.16. The molecule has 15 heavy (non-hydrogen) atoms. The van der Waals surface area contributed by atoms with Crippen LogP contribution >= 0.6 is 0 Å². The fourth-order valence-electron chi connectivity index (χ4n) is 1.83. The van der Waals surface area contributed by atoms with Crippen molar-refractivity contribution < 1.29 is 9.47 Å². The van der Waals surface area contributed by atoms with Gasteiger partial charge in [0.25, 0.3) is 0 Å². The SMILES string of the molecule is COc1cccc(OC2CCCC2N)n1. The average Bonchev–Trinajstić information content (AvgIpc) is 2.65. The van der Waals surface area contributed by atoms with E-state index in [0.29, 0.717) is 11.8 Å². The van der Waals surface area contributed by atoms with E-state index in [2.05, 4.69) is 4.98 Å². The topological polar surface area (TPSA) is 57.4 Å². The number of methoxy groups -OCH3 is 1. The number of hydrogen-bond donors (Lipinski definition) is 1. The highest BCUT2D eigenvalue weighted by Crippen LogP contribution is 2.23. The van der Waals surface area contributed by atoms with E-state index in [1.165, 1.54) is 0 Å². The minimum Gasteiger partial charge on any atom is -0.481 e. The fraction of sp³-hybridized carbons (Fsp3) is 0.545. The summed E-state index contributed by atoms with van der Waals surface area (Å²) in [6.07, 6.45) is 3.29. The summed E-state index contributed by atoms with van der Waals surface area (Å²) in [5.41, 5.74) is 5.91. The van der Waals surface area contributed by atoms with Crippen LogP contribution in [0.1, 0.15) is 19.3 Å². The van der Waals surface area contributed by atoms with Crippen molar-refractivity contribution in [2.75, 3.05) is 7.11 Å². The number of hydrogen-bond acceptors (Lipinski definition) is 4. The molecule has 2 unspecified atom stereocenters. The van der Waals surface area contributed by atoms with Crippen LogP contribution in [0.4, 0.5) is 0 Å². The number of pyridine rings is 1. The smallest absolute Gasteiger partial charge is 0.216 e. The van der Waals surface area contributed by atoms with Gasteiger partial charge in [0.2, 0.25) is 11.8 Å². The first-order valence-corrected chi connectivity index (χ1v) is 5.23. The summed E-state index contributed by atoms with van der Waals surface area (Å²) in [6, 6.07) is 5.62. The zero-order chi connectivity index (χ0) is 10.7. The lowest BCUT2D eigenvalue weighted by Gasteiger charge is -2.17. The molecule has 0 bridgehead atoms. The molecule has 1 fully saturated rings. The number of nitrogens with zero attached hydrogens (tertiary/aromatic N) is 1. The molecule has 0 aliphatic heterocycles. The van der Waals surface area contributed by atoms with Crippen molar-refractivity contribution in [2.24, 2.45) is 5.73 Å². The van der Waals surface area contributed by atoms with Crippen molar-refractivity contribution in [3.8, 4) is 11.8 Å². The molecule has 0 amide bonds. The van der Waals surface area contributed by atoms with E-state index in [4.69, 9.17) is 15.2 Å². The third kappa shape index (κ3) is 2.39. The zero-order valence-corrected chi connectivity index (χ0v) is 8.85. The van der Waals surface area contributed by atoms with E-state index in [1.807, 2.05) is 12.1 Å². The third-order valence-electron chi connectivity index (χ3n) is 2.68. The lowest BCUT2D eigenvalue weighted by Crippen LogP contribution is -2.33. The molecule has 1 aliphatic rings. The van der Waals surface area contributed by atoms with E-state index < -0.39 is 0 Å². The minimum atomic E-state index is 0.101. The van der Waals surface area contributed by atoms with E-state index >= 15 is 0 Å². The van der Waals surface area contributed by atoms with Gasteiger partial charge < -0.3 is 15.2 Å². The maximum absolute atomic E-state index is 5.91. The number of rotatable bonds is 3. The summed E-state index contributed by atoms with van der Waals surface area (Å²) in [4.78, 5) is 4.19. The van der Waals surface area contributed by atoms with Gasteiger partial charge in [-0.25, -0.2) is 0 Å². The Kier molecular flexibility index (Phi) is 3.06. The van der Waals surface area contributed by atoms with Crippen LogP contribution in [0, 0.1) is 0 Å². The monoisotopic (exact) mass is 208 g/mol. The lowest BCUT2D eigenvalue weighted by molar-refractivity contribution is 0.182. The molecule has 1 aromatic rings. The van der Waals surface area contributed by atoms with Crippen LogP contribution in [0.25, 0.3) is 0 Å². The highest BCUT2D eigenvalue weighted by molar-refractivity contribution is 5.20. The molecule has 4 nitrogen and oxygen atoms in total. The Morgan fingerprint density at radius 2 is 2.13 bits per heavy atom. The number of ether oxygens (including phenoxy) is 2. The molecule has 0 saturated heterocycles. The van der Waals surface area contributed by atoms with Crippen LogP contribution in [0.15, 0.2) is 18.2 Å². The van der Waals surface area contributed by atoms with Gasteiger partial charge in [-0.1, -0.05) is 6.07 Å². The van der Waals surface area contributed by atoms with Gasteiger partial charge >= 0.3 is 0 Å². The normalized spacial score (nSPS) is 25.2. The Bertz CT molecular complexity index is 330. The summed E-state index contributed by atoms with van der Waals surface area (Å²) in [7, 11) is 1.59. The molecule has 1 heterocycles. The molecular formula is C11H16N2O2. The van der Waals surface area contributed by atoms with Crippen LogP contribution in [0.5, 0.6) is 11.8 Å². The van der Waals surface area contributed by atoms with Crippen molar-refractivity contribution >= 4 is 0 Å². The number of aromatic nitrogens is 1. The third-order valence-corrected chi connectivity index (χ3v) is 2.68. The van der Waals surface area contributed by atoms with Gasteiger partial charge in [0.15, 0.2) is 0 Å². The second kappa shape index (κ2) is 4.49. The van der Waals surface area contributed by atoms with Gasteiger partial charge in [-0.3, -0.25) is 0 Å². The molecule has 0 aromatic carbocycles. The maximum Gasteiger partial charge on any atom is 0.216 e.